The molecule has 1 saturated heterocycles. The van der Waals surface area contributed by atoms with Crippen molar-refractivity contribution < 1.29 is 23.9 Å². The van der Waals surface area contributed by atoms with Gasteiger partial charge in [-0.3, -0.25) is 14.4 Å². The highest BCUT2D eigenvalue weighted by atomic mass is 16.5. The van der Waals surface area contributed by atoms with Crippen molar-refractivity contribution in [2.45, 2.75) is 105 Å². The topological polar surface area (TPSA) is 69.7 Å². The Morgan fingerprint density at radius 3 is 2.57 bits per heavy atom. The second kappa shape index (κ2) is 9.17. The molecule has 11 atom stereocenters. The lowest BCUT2D eigenvalue weighted by Gasteiger charge is -2.61. The zero-order valence-electron chi connectivity index (χ0n) is 22.5. The molecule has 0 aromatic rings. The molecule has 5 aliphatic rings. The van der Waals surface area contributed by atoms with E-state index in [-0.39, 0.29) is 40.7 Å². The van der Waals surface area contributed by atoms with E-state index < -0.39 is 0 Å². The Balaban J connectivity index is 1.42. The highest BCUT2D eigenvalue weighted by Gasteiger charge is 2.63. The largest absolute Gasteiger partial charge is 0.465 e. The number of Topliss-reactive ketones (excluding diaryl/α,β-unsaturated/α-hetero) is 1. The Labute approximate surface area is 211 Å². The molecule has 4 saturated carbocycles. The molecule has 196 valence electrons. The van der Waals surface area contributed by atoms with Crippen LogP contribution in [0.25, 0.3) is 0 Å². The number of hydrogen-bond acceptors (Lipinski definition) is 5. The number of rotatable bonds is 4. The van der Waals surface area contributed by atoms with Crippen LogP contribution >= 0.6 is 0 Å². The van der Waals surface area contributed by atoms with Gasteiger partial charge in [-0.25, -0.2) is 0 Å². The number of fused-ring (bicyclic) bond motifs is 5. The van der Waals surface area contributed by atoms with Gasteiger partial charge in [-0.05, 0) is 98.2 Å². The fraction of sp³-hybridized carbons (Fsp3) is 0.900. The van der Waals surface area contributed by atoms with Crippen LogP contribution in [-0.4, -0.2) is 30.4 Å². The molecule has 35 heavy (non-hydrogen) atoms. The van der Waals surface area contributed by atoms with Gasteiger partial charge in [0.1, 0.15) is 11.9 Å². The monoisotopic (exact) mass is 486 g/mol. The molecule has 5 heteroatoms. The van der Waals surface area contributed by atoms with Crippen molar-refractivity contribution >= 4 is 17.7 Å². The Kier molecular flexibility index (Phi) is 6.62. The molecule has 1 aliphatic heterocycles. The van der Waals surface area contributed by atoms with Gasteiger partial charge in [0, 0.05) is 25.2 Å². The standard InChI is InChI=1S/C30H46O5/c1-17-14-27(35-28(33)18(17)2)19(3)24-8-9-26-23-7-6-21-15-22(32)10-12-29(21,5)25(23)11-13-30(24,26)16-34-20(4)31/h17-19,21,23-27H,6-16H2,1-5H3/t17-,18-,19+,21?,23-,24-,25+,26+,27-,29+,30+/m1/s1. The number of carbonyl (C=O) groups excluding carboxylic acids is 3. The maximum Gasteiger partial charge on any atom is 0.309 e. The van der Waals surface area contributed by atoms with Crippen LogP contribution in [-0.2, 0) is 23.9 Å². The van der Waals surface area contributed by atoms with E-state index in [0.717, 1.165) is 38.5 Å². The first-order valence-corrected chi connectivity index (χ1v) is 14.4. The summed E-state index contributed by atoms with van der Waals surface area (Å²) in [4.78, 5) is 36.8. The van der Waals surface area contributed by atoms with E-state index >= 15 is 0 Å². The molecule has 5 fully saturated rings. The van der Waals surface area contributed by atoms with E-state index in [4.69, 9.17) is 9.47 Å². The second-order valence-electron chi connectivity index (χ2n) is 13.5. The average Bonchev–Trinajstić information content (AvgIpc) is 3.20. The molecule has 1 unspecified atom stereocenters. The summed E-state index contributed by atoms with van der Waals surface area (Å²) in [7, 11) is 0. The van der Waals surface area contributed by atoms with Gasteiger partial charge in [-0.2, -0.15) is 0 Å². The van der Waals surface area contributed by atoms with Crippen LogP contribution < -0.4 is 0 Å². The quantitative estimate of drug-likeness (QED) is 0.457. The molecule has 0 aromatic heterocycles. The third-order valence-electron chi connectivity index (χ3n) is 12.1. The van der Waals surface area contributed by atoms with Crippen molar-refractivity contribution in [3.05, 3.63) is 0 Å². The smallest absolute Gasteiger partial charge is 0.309 e. The Morgan fingerprint density at radius 1 is 1.09 bits per heavy atom. The van der Waals surface area contributed by atoms with Gasteiger partial charge in [0.25, 0.3) is 0 Å². The first kappa shape index (κ1) is 25.3. The zero-order valence-corrected chi connectivity index (χ0v) is 22.5. The van der Waals surface area contributed by atoms with E-state index in [1.165, 1.54) is 32.6 Å². The van der Waals surface area contributed by atoms with E-state index in [9.17, 15) is 14.4 Å². The summed E-state index contributed by atoms with van der Waals surface area (Å²) in [5.74, 6) is 3.64. The van der Waals surface area contributed by atoms with Gasteiger partial charge in [-0.1, -0.05) is 27.7 Å². The fourth-order valence-corrected chi connectivity index (χ4v) is 9.89. The lowest BCUT2D eigenvalue weighted by Crippen LogP contribution is -2.56. The van der Waals surface area contributed by atoms with Crippen LogP contribution in [0, 0.1) is 58.2 Å². The van der Waals surface area contributed by atoms with Crippen molar-refractivity contribution in [3.63, 3.8) is 0 Å². The number of cyclic esters (lactones) is 1. The summed E-state index contributed by atoms with van der Waals surface area (Å²) < 4.78 is 11.9. The molecule has 0 spiro atoms. The summed E-state index contributed by atoms with van der Waals surface area (Å²) in [6, 6.07) is 0. The fourth-order valence-electron chi connectivity index (χ4n) is 9.89. The van der Waals surface area contributed by atoms with E-state index in [1.54, 1.807) is 0 Å². The Bertz CT molecular complexity index is 867. The normalized spacial score (nSPS) is 48.3. The predicted octanol–water partition coefficient (Wildman–Crippen LogP) is 5.98. The van der Waals surface area contributed by atoms with E-state index in [1.807, 2.05) is 6.92 Å². The average molecular weight is 487 g/mol. The minimum Gasteiger partial charge on any atom is -0.465 e. The van der Waals surface area contributed by atoms with Gasteiger partial charge in [0.2, 0.25) is 0 Å². The van der Waals surface area contributed by atoms with Crippen molar-refractivity contribution in [1.82, 2.24) is 0 Å². The minimum absolute atomic E-state index is 0.0152. The highest BCUT2D eigenvalue weighted by Crippen LogP contribution is 2.68. The molecule has 0 aromatic carbocycles. The molecule has 0 N–H and O–H groups in total. The molecular weight excluding hydrogens is 440 g/mol. The van der Waals surface area contributed by atoms with Gasteiger partial charge in [0.15, 0.2) is 0 Å². The Morgan fingerprint density at radius 2 is 1.86 bits per heavy atom. The maximum atomic E-state index is 12.6. The van der Waals surface area contributed by atoms with E-state index in [0.29, 0.717) is 47.9 Å². The molecule has 1 heterocycles. The van der Waals surface area contributed by atoms with Crippen molar-refractivity contribution in [2.24, 2.45) is 58.2 Å². The first-order chi connectivity index (χ1) is 16.6. The summed E-state index contributed by atoms with van der Waals surface area (Å²) in [5, 5.41) is 0. The maximum absolute atomic E-state index is 12.6. The SMILES string of the molecule is CC(=O)OC[C@]12CC[C@H]3[C@@H](CCC4CC(=O)CC[C@@]43C)[C@@H]1CC[C@@H]2[C@H](C)[C@H]1C[C@@H](C)[C@@H](C)C(=O)O1. The second-order valence-corrected chi connectivity index (χ2v) is 13.5. The molecule has 0 amide bonds. The van der Waals surface area contributed by atoms with Crippen LogP contribution in [0.1, 0.15) is 98.8 Å². The summed E-state index contributed by atoms with van der Waals surface area (Å²) in [6.07, 6.45) is 10.4. The van der Waals surface area contributed by atoms with Crippen LogP contribution in [0.4, 0.5) is 0 Å². The highest BCUT2D eigenvalue weighted by molar-refractivity contribution is 5.79. The van der Waals surface area contributed by atoms with Gasteiger partial charge < -0.3 is 9.47 Å². The molecule has 0 radical (unpaired) electrons. The van der Waals surface area contributed by atoms with Gasteiger partial charge in [-0.15, -0.1) is 0 Å². The third-order valence-corrected chi connectivity index (χ3v) is 12.1. The summed E-state index contributed by atoms with van der Waals surface area (Å²) >= 11 is 0. The molecule has 4 aliphatic carbocycles. The number of hydrogen-bond donors (Lipinski definition) is 0. The number of esters is 2. The van der Waals surface area contributed by atoms with Crippen molar-refractivity contribution in [3.8, 4) is 0 Å². The van der Waals surface area contributed by atoms with Crippen molar-refractivity contribution in [1.29, 1.82) is 0 Å². The van der Waals surface area contributed by atoms with Crippen LogP contribution in [0.5, 0.6) is 0 Å². The van der Waals surface area contributed by atoms with Crippen LogP contribution in [0.3, 0.4) is 0 Å². The molecule has 5 rings (SSSR count). The molecule has 5 nitrogen and oxygen atoms in total. The number of carbonyl (C=O) groups is 3. The number of ketones is 1. The lowest BCUT2D eigenvalue weighted by molar-refractivity contribution is -0.176. The van der Waals surface area contributed by atoms with Gasteiger partial charge in [0.05, 0.1) is 12.5 Å². The van der Waals surface area contributed by atoms with E-state index in [2.05, 4.69) is 20.8 Å². The lowest BCUT2D eigenvalue weighted by atomic mass is 9.44. The molecule has 0 bridgehead atoms. The minimum atomic E-state index is -0.188. The van der Waals surface area contributed by atoms with Gasteiger partial charge >= 0.3 is 11.9 Å². The molecular formula is C30H46O5. The van der Waals surface area contributed by atoms with Crippen molar-refractivity contribution in [2.75, 3.05) is 6.61 Å². The third kappa shape index (κ3) is 4.07. The Hall–Kier alpha value is -1.39. The number of ether oxygens (including phenoxy) is 2. The first-order valence-electron chi connectivity index (χ1n) is 14.4. The van der Waals surface area contributed by atoms with Crippen LogP contribution in [0.2, 0.25) is 0 Å². The summed E-state index contributed by atoms with van der Waals surface area (Å²) in [6.45, 7) is 11.0. The zero-order chi connectivity index (χ0) is 25.1. The predicted molar refractivity (Wildman–Crippen MR) is 133 cm³/mol. The van der Waals surface area contributed by atoms with Crippen LogP contribution in [0.15, 0.2) is 0 Å². The summed E-state index contributed by atoms with van der Waals surface area (Å²) in [5.41, 5.74) is 0.261.